The molecule has 1 fully saturated rings. The van der Waals surface area contributed by atoms with Gasteiger partial charge in [-0.3, -0.25) is 14.5 Å². The molecule has 2 rings (SSSR count). The maximum absolute atomic E-state index is 12.6. The largest absolute Gasteiger partial charge is 0.283 e. The number of rotatable bonds is 3. The van der Waals surface area contributed by atoms with E-state index in [1.165, 1.54) is 29.2 Å². The smallest absolute Gasteiger partial charge is 0.230 e. The number of sulfone groups is 1. The summed E-state index contributed by atoms with van der Waals surface area (Å²) in [6, 6.07) is 5.92. The lowest BCUT2D eigenvalue weighted by molar-refractivity contribution is -0.144. The van der Waals surface area contributed by atoms with Crippen LogP contribution in [0, 0.1) is 0 Å². The number of imide groups is 1. The van der Waals surface area contributed by atoms with Gasteiger partial charge < -0.3 is 0 Å². The zero-order chi connectivity index (χ0) is 16.3. The average Bonchev–Trinajstić information content (AvgIpc) is 2.69. The second kappa shape index (κ2) is 6.79. The van der Waals surface area contributed by atoms with Crippen LogP contribution < -0.4 is 0 Å². The number of nitrogens with zero attached hydrogens (tertiary/aromatic N) is 1. The third-order valence-corrected chi connectivity index (χ3v) is 6.26. The van der Waals surface area contributed by atoms with Crippen LogP contribution in [0.1, 0.15) is 32.6 Å². The second-order valence-corrected chi connectivity index (χ2v) is 7.92. The molecule has 1 aliphatic rings. The van der Waals surface area contributed by atoms with Crippen molar-refractivity contribution in [1.82, 2.24) is 4.90 Å². The summed E-state index contributed by atoms with van der Waals surface area (Å²) in [6.07, 6.45) is 0.941. The van der Waals surface area contributed by atoms with Gasteiger partial charge in [-0.2, -0.15) is 0 Å². The van der Waals surface area contributed by atoms with E-state index in [0.717, 1.165) is 0 Å². The van der Waals surface area contributed by atoms with Gasteiger partial charge in [0.1, 0.15) is 0 Å². The molecule has 0 saturated carbocycles. The third-order valence-electron chi connectivity index (χ3n) is 3.80. The fraction of sp³-hybridized carbons (Fsp3) is 0.467. The van der Waals surface area contributed by atoms with Crippen LogP contribution in [0.15, 0.2) is 29.2 Å². The molecule has 0 N–H and O–H groups in total. The topological polar surface area (TPSA) is 71.5 Å². The van der Waals surface area contributed by atoms with Crippen molar-refractivity contribution >= 4 is 33.3 Å². The zero-order valence-electron chi connectivity index (χ0n) is 12.3. The lowest BCUT2D eigenvalue weighted by atomic mass is 10.2. The molecule has 1 heterocycles. The molecule has 1 saturated heterocycles. The molecule has 0 aliphatic carbocycles. The lowest BCUT2D eigenvalue weighted by Crippen LogP contribution is -2.37. The van der Waals surface area contributed by atoms with Crippen molar-refractivity contribution in [3.05, 3.63) is 29.3 Å². The first kappa shape index (κ1) is 17.0. The SMILES string of the molecule is CCC(=O)N1CCCC(S(=O)(=O)c2ccc(Cl)cc2)CC1=O. The molecule has 0 radical (unpaired) electrons. The maximum atomic E-state index is 12.6. The summed E-state index contributed by atoms with van der Waals surface area (Å²) in [7, 11) is -3.61. The minimum absolute atomic E-state index is 0.156. The molecule has 5 nitrogen and oxygen atoms in total. The summed E-state index contributed by atoms with van der Waals surface area (Å²) in [6.45, 7) is 1.97. The van der Waals surface area contributed by atoms with E-state index in [9.17, 15) is 18.0 Å². The number of amides is 2. The number of likely N-dealkylation sites (tertiary alicyclic amines) is 1. The molecule has 1 aromatic carbocycles. The third kappa shape index (κ3) is 3.50. The van der Waals surface area contributed by atoms with E-state index in [2.05, 4.69) is 0 Å². The Bertz CT molecular complexity index is 669. The van der Waals surface area contributed by atoms with E-state index in [-0.39, 0.29) is 30.2 Å². The summed E-state index contributed by atoms with van der Waals surface area (Å²) in [5.74, 6) is -0.665. The number of hydrogen-bond donors (Lipinski definition) is 0. The molecule has 1 aromatic rings. The lowest BCUT2D eigenvalue weighted by Gasteiger charge is -2.18. The van der Waals surface area contributed by atoms with E-state index in [1.54, 1.807) is 6.92 Å². The Morgan fingerprint density at radius 2 is 1.95 bits per heavy atom. The Kier molecular flexibility index (Phi) is 5.24. The van der Waals surface area contributed by atoms with E-state index in [1.807, 2.05) is 0 Å². The van der Waals surface area contributed by atoms with E-state index < -0.39 is 21.0 Å². The number of carbonyl (C=O) groups excluding carboxylic acids is 2. The number of hydrogen-bond acceptors (Lipinski definition) is 4. The number of carbonyl (C=O) groups is 2. The molecule has 7 heteroatoms. The minimum Gasteiger partial charge on any atom is -0.283 e. The Morgan fingerprint density at radius 3 is 2.55 bits per heavy atom. The predicted molar refractivity (Wildman–Crippen MR) is 83.3 cm³/mol. The van der Waals surface area contributed by atoms with Crippen LogP contribution >= 0.6 is 11.6 Å². The molecular weight excluding hydrogens is 326 g/mol. The van der Waals surface area contributed by atoms with Crippen molar-refractivity contribution in [2.24, 2.45) is 0 Å². The zero-order valence-corrected chi connectivity index (χ0v) is 13.9. The first-order valence-corrected chi connectivity index (χ1v) is 9.11. The Balaban J connectivity index is 2.24. The molecule has 1 aliphatic heterocycles. The van der Waals surface area contributed by atoms with Gasteiger partial charge >= 0.3 is 0 Å². The van der Waals surface area contributed by atoms with Crippen LogP contribution in [0.4, 0.5) is 0 Å². The normalized spacial score (nSPS) is 19.8. The van der Waals surface area contributed by atoms with Crippen LogP contribution in [0.5, 0.6) is 0 Å². The van der Waals surface area contributed by atoms with Gasteiger partial charge in [-0.1, -0.05) is 18.5 Å². The van der Waals surface area contributed by atoms with Gasteiger partial charge in [0.05, 0.1) is 10.1 Å². The minimum atomic E-state index is -3.61. The number of benzene rings is 1. The fourth-order valence-corrected chi connectivity index (χ4v) is 4.41. The second-order valence-electron chi connectivity index (χ2n) is 5.26. The van der Waals surface area contributed by atoms with Gasteiger partial charge in [0, 0.05) is 24.4 Å². The van der Waals surface area contributed by atoms with Crippen LogP contribution in [-0.4, -0.2) is 36.9 Å². The predicted octanol–water partition coefficient (Wildman–Crippen LogP) is 2.43. The van der Waals surface area contributed by atoms with E-state index >= 15 is 0 Å². The molecule has 0 aromatic heterocycles. The van der Waals surface area contributed by atoms with Gasteiger partial charge in [-0.25, -0.2) is 8.42 Å². The average molecular weight is 344 g/mol. The van der Waals surface area contributed by atoms with Crippen LogP contribution in [0.3, 0.4) is 0 Å². The highest BCUT2D eigenvalue weighted by atomic mass is 35.5. The summed E-state index contributed by atoms with van der Waals surface area (Å²) < 4.78 is 25.3. The van der Waals surface area contributed by atoms with E-state index in [0.29, 0.717) is 17.9 Å². The monoisotopic (exact) mass is 343 g/mol. The van der Waals surface area contributed by atoms with Crippen molar-refractivity contribution in [2.75, 3.05) is 6.54 Å². The van der Waals surface area contributed by atoms with E-state index in [4.69, 9.17) is 11.6 Å². The van der Waals surface area contributed by atoms with Gasteiger partial charge in [0.25, 0.3) is 0 Å². The highest BCUT2D eigenvalue weighted by Crippen LogP contribution is 2.26. The van der Waals surface area contributed by atoms with Gasteiger partial charge in [0.15, 0.2) is 9.84 Å². The Hall–Kier alpha value is -1.40. The van der Waals surface area contributed by atoms with Crippen molar-refractivity contribution in [2.45, 2.75) is 42.8 Å². The molecule has 1 atom stereocenters. The van der Waals surface area contributed by atoms with Gasteiger partial charge in [-0.15, -0.1) is 0 Å². The first-order valence-electron chi connectivity index (χ1n) is 7.19. The quantitative estimate of drug-likeness (QED) is 0.845. The molecule has 22 heavy (non-hydrogen) atoms. The van der Waals surface area contributed by atoms with Crippen molar-refractivity contribution in [1.29, 1.82) is 0 Å². The van der Waals surface area contributed by atoms with Crippen molar-refractivity contribution in [3.8, 4) is 0 Å². The Labute approximate surface area is 135 Å². The molecule has 0 spiro atoms. The standard InChI is InChI=1S/C15H18ClNO4S/c1-2-14(18)17-9-3-4-13(10-15(17)19)22(20,21)12-7-5-11(16)6-8-12/h5-8,13H,2-4,9-10H2,1H3. The highest BCUT2D eigenvalue weighted by molar-refractivity contribution is 7.92. The Morgan fingerprint density at radius 1 is 1.32 bits per heavy atom. The van der Waals surface area contributed by atoms with Gasteiger partial charge in [0.2, 0.25) is 11.8 Å². The maximum Gasteiger partial charge on any atom is 0.230 e. The van der Waals surface area contributed by atoms with Crippen molar-refractivity contribution < 1.29 is 18.0 Å². The molecule has 120 valence electrons. The first-order chi connectivity index (χ1) is 10.4. The van der Waals surface area contributed by atoms with Crippen LogP contribution in [0.2, 0.25) is 5.02 Å². The molecule has 2 amide bonds. The molecule has 1 unspecified atom stereocenters. The summed E-state index contributed by atoms with van der Waals surface area (Å²) in [4.78, 5) is 25.2. The van der Waals surface area contributed by atoms with Crippen LogP contribution in [-0.2, 0) is 19.4 Å². The molecular formula is C15H18ClNO4S. The van der Waals surface area contributed by atoms with Crippen LogP contribution in [0.25, 0.3) is 0 Å². The fourth-order valence-electron chi connectivity index (χ4n) is 2.55. The molecule has 0 bridgehead atoms. The summed E-state index contributed by atoms with van der Waals surface area (Å²) >= 11 is 5.77. The summed E-state index contributed by atoms with van der Waals surface area (Å²) in [5.41, 5.74) is 0. The summed E-state index contributed by atoms with van der Waals surface area (Å²) in [5, 5.41) is -0.341. The highest BCUT2D eigenvalue weighted by Gasteiger charge is 2.34. The van der Waals surface area contributed by atoms with Crippen molar-refractivity contribution in [3.63, 3.8) is 0 Å². The van der Waals surface area contributed by atoms with Gasteiger partial charge in [-0.05, 0) is 37.1 Å². The number of halogens is 1.